The number of rotatable bonds is 5. The molecule has 0 amide bonds. The van der Waals surface area contributed by atoms with Crippen LogP contribution in [0.2, 0.25) is 5.02 Å². The van der Waals surface area contributed by atoms with Crippen molar-refractivity contribution in [2.75, 3.05) is 36.4 Å². The molecule has 162 valence electrons. The molecular weight excluding hydrogens is 434 g/mol. The van der Waals surface area contributed by atoms with Gasteiger partial charge >= 0.3 is 0 Å². The Morgan fingerprint density at radius 3 is 2.32 bits per heavy atom. The lowest BCUT2D eigenvalue weighted by molar-refractivity contribution is 0.384. The molecule has 1 saturated heterocycles. The van der Waals surface area contributed by atoms with E-state index in [0.717, 1.165) is 17.2 Å². The number of anilines is 3. The van der Waals surface area contributed by atoms with E-state index in [1.165, 1.54) is 15.9 Å². The fourth-order valence-electron chi connectivity index (χ4n) is 3.47. The second-order valence-electron chi connectivity index (χ2n) is 7.53. The Morgan fingerprint density at radius 2 is 1.65 bits per heavy atom. The Kier molecular flexibility index (Phi) is 6.13. The fraction of sp³-hybridized carbons (Fsp3) is 0.273. The van der Waals surface area contributed by atoms with E-state index in [2.05, 4.69) is 20.2 Å². The quantitative estimate of drug-likeness (QED) is 0.623. The molecule has 2 heterocycles. The maximum atomic E-state index is 12.9. The van der Waals surface area contributed by atoms with Gasteiger partial charge in [0, 0.05) is 48.6 Å². The summed E-state index contributed by atoms with van der Waals surface area (Å²) in [5, 5.41) is 3.65. The van der Waals surface area contributed by atoms with E-state index >= 15 is 0 Å². The van der Waals surface area contributed by atoms with Crippen molar-refractivity contribution in [3.8, 4) is 0 Å². The molecule has 0 spiro atoms. The molecule has 9 heteroatoms. The van der Waals surface area contributed by atoms with Crippen LogP contribution in [0.4, 0.5) is 17.5 Å². The first-order chi connectivity index (χ1) is 14.8. The van der Waals surface area contributed by atoms with Crippen molar-refractivity contribution in [2.24, 2.45) is 0 Å². The van der Waals surface area contributed by atoms with Crippen LogP contribution in [-0.4, -0.2) is 48.9 Å². The highest BCUT2D eigenvalue weighted by molar-refractivity contribution is 7.89. The third-order valence-corrected chi connectivity index (χ3v) is 7.27. The summed E-state index contributed by atoms with van der Waals surface area (Å²) in [5.74, 6) is 1.30. The Labute approximate surface area is 187 Å². The van der Waals surface area contributed by atoms with Gasteiger partial charge in [0.05, 0.1) is 4.90 Å². The lowest BCUT2D eigenvalue weighted by atomic mass is 10.2. The summed E-state index contributed by atoms with van der Waals surface area (Å²) in [6.07, 6.45) is 0. The number of hydrogen-bond acceptors (Lipinski definition) is 6. The van der Waals surface area contributed by atoms with Crippen molar-refractivity contribution in [1.29, 1.82) is 0 Å². The molecule has 0 radical (unpaired) electrons. The minimum atomic E-state index is -3.57. The number of piperazine rings is 1. The van der Waals surface area contributed by atoms with E-state index in [1.54, 1.807) is 18.2 Å². The van der Waals surface area contributed by atoms with Crippen molar-refractivity contribution >= 4 is 39.1 Å². The van der Waals surface area contributed by atoms with Crippen LogP contribution in [0.15, 0.2) is 59.5 Å². The van der Waals surface area contributed by atoms with Crippen LogP contribution in [0.25, 0.3) is 0 Å². The zero-order valence-electron chi connectivity index (χ0n) is 17.4. The molecule has 0 aliphatic carbocycles. The lowest BCUT2D eigenvalue weighted by Crippen LogP contribution is -2.49. The van der Waals surface area contributed by atoms with Gasteiger partial charge < -0.3 is 10.2 Å². The highest BCUT2D eigenvalue weighted by atomic mass is 35.5. The van der Waals surface area contributed by atoms with Crippen molar-refractivity contribution in [3.05, 3.63) is 70.9 Å². The van der Waals surface area contributed by atoms with E-state index in [1.807, 2.05) is 44.2 Å². The smallest absolute Gasteiger partial charge is 0.243 e. The summed E-state index contributed by atoms with van der Waals surface area (Å²) in [5.41, 5.74) is 2.94. The molecule has 0 saturated carbocycles. The molecule has 1 aliphatic rings. The summed E-state index contributed by atoms with van der Waals surface area (Å²) in [4.78, 5) is 11.4. The summed E-state index contributed by atoms with van der Waals surface area (Å²) in [6.45, 7) is 5.79. The summed E-state index contributed by atoms with van der Waals surface area (Å²) < 4.78 is 27.4. The fourth-order valence-corrected chi connectivity index (χ4v) is 5.19. The predicted octanol–water partition coefficient (Wildman–Crippen LogP) is 4.00. The van der Waals surface area contributed by atoms with Crippen LogP contribution in [0.3, 0.4) is 0 Å². The molecule has 1 aliphatic heterocycles. The van der Waals surface area contributed by atoms with Crippen LogP contribution in [-0.2, 0) is 10.0 Å². The Bertz CT molecular complexity index is 1180. The number of halogens is 1. The van der Waals surface area contributed by atoms with Crippen LogP contribution >= 0.6 is 11.6 Å². The van der Waals surface area contributed by atoms with Crippen molar-refractivity contribution in [2.45, 2.75) is 18.7 Å². The Morgan fingerprint density at radius 1 is 0.935 bits per heavy atom. The van der Waals surface area contributed by atoms with Gasteiger partial charge in [-0.1, -0.05) is 35.4 Å². The largest absolute Gasteiger partial charge is 0.354 e. The molecule has 31 heavy (non-hydrogen) atoms. The molecule has 0 atom stereocenters. The second-order valence-corrected chi connectivity index (χ2v) is 9.91. The van der Waals surface area contributed by atoms with Crippen molar-refractivity contribution < 1.29 is 8.42 Å². The van der Waals surface area contributed by atoms with Crippen molar-refractivity contribution in [3.63, 3.8) is 0 Å². The normalized spacial score (nSPS) is 15.1. The average molecular weight is 458 g/mol. The van der Waals surface area contributed by atoms with Gasteiger partial charge in [0.25, 0.3) is 0 Å². The third-order valence-electron chi connectivity index (χ3n) is 5.14. The average Bonchev–Trinajstić information content (AvgIpc) is 2.75. The predicted molar refractivity (Wildman–Crippen MR) is 124 cm³/mol. The minimum Gasteiger partial charge on any atom is -0.354 e. The molecule has 0 unspecified atom stereocenters. The van der Waals surface area contributed by atoms with Gasteiger partial charge in [-0.15, -0.1) is 0 Å². The number of aryl methyl sites for hydroxylation is 2. The Hall–Kier alpha value is -2.68. The number of benzene rings is 2. The molecule has 1 N–H and O–H groups in total. The topological polar surface area (TPSA) is 78.4 Å². The maximum absolute atomic E-state index is 12.9. The number of hydrogen-bond donors (Lipinski definition) is 1. The van der Waals surface area contributed by atoms with Gasteiger partial charge in [-0.3, -0.25) is 0 Å². The van der Waals surface area contributed by atoms with Crippen molar-refractivity contribution in [1.82, 2.24) is 14.3 Å². The SMILES string of the molecule is Cc1ccc(Nc2nc(C)cc(N3CCN(S(=O)(=O)c4cccc(Cl)c4)CC3)n2)cc1. The minimum absolute atomic E-state index is 0.218. The first-order valence-corrected chi connectivity index (χ1v) is 11.8. The van der Waals surface area contributed by atoms with Crippen LogP contribution in [0.5, 0.6) is 0 Å². The maximum Gasteiger partial charge on any atom is 0.243 e. The summed E-state index contributed by atoms with van der Waals surface area (Å²) in [7, 11) is -3.57. The van der Waals surface area contributed by atoms with Crippen LogP contribution in [0, 0.1) is 13.8 Å². The molecule has 1 aromatic heterocycles. The van der Waals surface area contributed by atoms with Gasteiger partial charge in [0.1, 0.15) is 5.82 Å². The zero-order valence-corrected chi connectivity index (χ0v) is 19.0. The third kappa shape index (κ3) is 4.98. The first kappa shape index (κ1) is 21.5. The molecule has 2 aromatic carbocycles. The van der Waals surface area contributed by atoms with E-state index in [9.17, 15) is 8.42 Å². The zero-order chi connectivity index (χ0) is 22.0. The van der Waals surface area contributed by atoms with Gasteiger partial charge in [-0.05, 0) is 44.2 Å². The molecular formula is C22H24ClN5O2S. The van der Waals surface area contributed by atoms with E-state index < -0.39 is 10.0 Å². The van der Waals surface area contributed by atoms with Gasteiger partial charge in [-0.25, -0.2) is 13.4 Å². The highest BCUT2D eigenvalue weighted by Crippen LogP contribution is 2.24. The summed E-state index contributed by atoms with van der Waals surface area (Å²) >= 11 is 5.98. The van der Waals surface area contributed by atoms with Crippen LogP contribution < -0.4 is 10.2 Å². The van der Waals surface area contributed by atoms with E-state index in [-0.39, 0.29) is 4.90 Å². The first-order valence-electron chi connectivity index (χ1n) is 10.0. The molecule has 1 fully saturated rings. The molecule has 7 nitrogen and oxygen atoms in total. The number of nitrogens with one attached hydrogen (secondary N) is 1. The van der Waals surface area contributed by atoms with Gasteiger partial charge in [-0.2, -0.15) is 9.29 Å². The molecule has 3 aromatic rings. The molecule has 0 bridgehead atoms. The van der Waals surface area contributed by atoms with Crippen LogP contribution in [0.1, 0.15) is 11.3 Å². The highest BCUT2D eigenvalue weighted by Gasteiger charge is 2.29. The van der Waals surface area contributed by atoms with E-state index in [4.69, 9.17) is 11.6 Å². The standard InChI is InChI=1S/C22H24ClN5O2S/c1-16-6-8-19(9-7-16)25-22-24-17(2)14-21(26-22)27-10-12-28(13-11-27)31(29,30)20-5-3-4-18(23)15-20/h3-9,14-15H,10-13H2,1-2H3,(H,24,25,26). The second kappa shape index (κ2) is 8.82. The number of aromatic nitrogens is 2. The van der Waals surface area contributed by atoms with E-state index in [0.29, 0.717) is 37.1 Å². The Balaban J connectivity index is 1.47. The monoisotopic (exact) mass is 457 g/mol. The molecule has 4 rings (SSSR count). The summed E-state index contributed by atoms with van der Waals surface area (Å²) in [6, 6.07) is 16.3. The number of sulfonamides is 1. The number of nitrogens with zero attached hydrogens (tertiary/aromatic N) is 4. The lowest BCUT2D eigenvalue weighted by Gasteiger charge is -2.34. The van der Waals surface area contributed by atoms with Gasteiger partial charge in [0.15, 0.2) is 0 Å². The van der Waals surface area contributed by atoms with Gasteiger partial charge in [0.2, 0.25) is 16.0 Å².